The normalized spacial score (nSPS) is 29.2. The molecule has 136 valence electrons. The number of ether oxygens (including phenoxy) is 1. The Morgan fingerprint density at radius 2 is 2.12 bits per heavy atom. The zero-order valence-electron chi connectivity index (χ0n) is 15.1. The summed E-state index contributed by atoms with van der Waals surface area (Å²) in [5.41, 5.74) is 2.54. The summed E-state index contributed by atoms with van der Waals surface area (Å²) in [4.78, 5) is 17.6. The van der Waals surface area contributed by atoms with E-state index in [4.69, 9.17) is 4.74 Å². The number of fused-ring (bicyclic) bond motifs is 1. The van der Waals surface area contributed by atoms with Gasteiger partial charge in [-0.1, -0.05) is 29.8 Å². The summed E-state index contributed by atoms with van der Waals surface area (Å²) >= 11 is 0. The second kappa shape index (κ2) is 8.11. The van der Waals surface area contributed by atoms with Crippen LogP contribution in [0.3, 0.4) is 0 Å². The van der Waals surface area contributed by atoms with E-state index in [1.165, 1.54) is 11.1 Å². The highest BCUT2D eigenvalue weighted by Crippen LogP contribution is 2.42. The van der Waals surface area contributed by atoms with Gasteiger partial charge in [0.25, 0.3) is 0 Å². The van der Waals surface area contributed by atoms with Crippen LogP contribution in [0.4, 0.5) is 4.79 Å². The fraction of sp³-hybridized carbons (Fsp3) is 0.600. The first-order chi connectivity index (χ1) is 12.1. The van der Waals surface area contributed by atoms with E-state index < -0.39 is 6.09 Å². The molecular weight excluding hydrogens is 316 g/mol. The summed E-state index contributed by atoms with van der Waals surface area (Å²) in [6.07, 6.45) is 3.75. The predicted octanol–water partition coefficient (Wildman–Crippen LogP) is 3.18. The minimum atomic E-state index is -0.508. The van der Waals surface area contributed by atoms with Crippen LogP contribution in [0.25, 0.3) is 0 Å². The Kier molecular flexibility index (Phi) is 5.86. The van der Waals surface area contributed by atoms with Gasteiger partial charge < -0.3 is 9.84 Å². The second-order valence-electron chi connectivity index (χ2n) is 7.32. The first-order valence-corrected chi connectivity index (χ1v) is 9.23. The summed E-state index contributed by atoms with van der Waals surface area (Å²) in [5.74, 6) is 1.02. The van der Waals surface area contributed by atoms with Crippen LogP contribution in [0.1, 0.15) is 37.3 Å². The molecule has 1 heterocycles. The van der Waals surface area contributed by atoms with Crippen molar-refractivity contribution < 1.29 is 14.6 Å². The molecule has 25 heavy (non-hydrogen) atoms. The van der Waals surface area contributed by atoms with Gasteiger partial charge in [-0.2, -0.15) is 4.99 Å². The first-order valence-electron chi connectivity index (χ1n) is 9.23. The van der Waals surface area contributed by atoms with Crippen molar-refractivity contribution in [3.63, 3.8) is 0 Å². The summed E-state index contributed by atoms with van der Waals surface area (Å²) < 4.78 is 4.82. The summed E-state index contributed by atoms with van der Waals surface area (Å²) in [5, 5.41) is 10.2. The molecule has 1 aromatic carbocycles. The number of amides is 1. The standard InChI is InChI=1S/C20H28N2O3/c1-3-25-20(24)21-9-8-16-10-17-11-18(23)19(17)22(13-16)12-15-6-4-14(2)5-7-15/h4-7,9,16-19,23H,3,8,10-13H2,1-2H3/t16?,17?,18-,19?/m0/s1. The van der Waals surface area contributed by atoms with E-state index in [2.05, 4.69) is 41.1 Å². The average Bonchev–Trinajstić information content (AvgIpc) is 2.56. The van der Waals surface area contributed by atoms with E-state index in [1.54, 1.807) is 13.1 Å². The van der Waals surface area contributed by atoms with Crippen molar-refractivity contribution in [1.82, 2.24) is 4.90 Å². The number of nitrogens with zero attached hydrogens (tertiary/aromatic N) is 2. The van der Waals surface area contributed by atoms with Gasteiger partial charge in [0.15, 0.2) is 0 Å². The molecule has 2 fully saturated rings. The molecule has 0 bridgehead atoms. The maximum Gasteiger partial charge on any atom is 0.433 e. The number of carbonyl (C=O) groups is 1. The smallest absolute Gasteiger partial charge is 0.433 e. The molecule has 1 aliphatic heterocycles. The van der Waals surface area contributed by atoms with Crippen LogP contribution in [0.5, 0.6) is 0 Å². The number of aryl methyl sites for hydroxylation is 1. The van der Waals surface area contributed by atoms with E-state index in [9.17, 15) is 9.90 Å². The van der Waals surface area contributed by atoms with Crippen LogP contribution >= 0.6 is 0 Å². The average molecular weight is 344 g/mol. The molecule has 1 aliphatic carbocycles. The second-order valence-corrected chi connectivity index (χ2v) is 7.32. The quantitative estimate of drug-likeness (QED) is 0.833. The minimum Gasteiger partial charge on any atom is -0.448 e. The first kappa shape index (κ1) is 18.1. The fourth-order valence-corrected chi connectivity index (χ4v) is 4.15. The molecule has 1 saturated heterocycles. The number of hydrogen-bond acceptors (Lipinski definition) is 4. The van der Waals surface area contributed by atoms with Gasteiger partial charge in [0, 0.05) is 25.3 Å². The molecular formula is C20H28N2O3. The van der Waals surface area contributed by atoms with Crippen molar-refractivity contribution in [3.8, 4) is 0 Å². The Balaban J connectivity index is 1.60. The molecule has 1 amide bonds. The highest BCUT2D eigenvalue weighted by Gasteiger charge is 2.47. The van der Waals surface area contributed by atoms with Crippen LogP contribution in [0.2, 0.25) is 0 Å². The van der Waals surface area contributed by atoms with E-state index in [0.29, 0.717) is 18.4 Å². The maximum absolute atomic E-state index is 11.3. The SMILES string of the molecule is CCOC(=O)N=CCC1CC2C[C@H](O)C2N(Cc2ccc(C)cc2)C1. The van der Waals surface area contributed by atoms with E-state index in [1.807, 2.05) is 0 Å². The Morgan fingerprint density at radius 3 is 2.80 bits per heavy atom. The Bertz CT molecular complexity index is 614. The number of aliphatic hydroxyl groups is 1. The van der Waals surface area contributed by atoms with E-state index in [0.717, 1.165) is 32.4 Å². The summed E-state index contributed by atoms with van der Waals surface area (Å²) in [7, 11) is 0. The lowest BCUT2D eigenvalue weighted by atomic mass is 9.67. The zero-order valence-corrected chi connectivity index (χ0v) is 15.1. The predicted molar refractivity (Wildman–Crippen MR) is 97.7 cm³/mol. The summed E-state index contributed by atoms with van der Waals surface area (Å²) in [6, 6.07) is 8.89. The molecule has 1 aromatic rings. The van der Waals surface area contributed by atoms with Gasteiger partial charge in [-0.05, 0) is 50.5 Å². The zero-order chi connectivity index (χ0) is 17.8. The lowest BCUT2D eigenvalue weighted by Crippen LogP contribution is -2.61. The molecule has 0 spiro atoms. The molecule has 3 rings (SSSR count). The molecule has 3 unspecified atom stereocenters. The number of aliphatic imine (C=N–C) groups is 1. The van der Waals surface area contributed by atoms with Gasteiger partial charge >= 0.3 is 6.09 Å². The Hall–Kier alpha value is -1.72. The third-order valence-corrected chi connectivity index (χ3v) is 5.38. The van der Waals surface area contributed by atoms with Crippen LogP contribution in [-0.4, -0.2) is 47.6 Å². The Labute approximate surface area is 149 Å². The van der Waals surface area contributed by atoms with Crippen LogP contribution < -0.4 is 0 Å². The van der Waals surface area contributed by atoms with E-state index >= 15 is 0 Å². The molecule has 1 N–H and O–H groups in total. The lowest BCUT2D eigenvalue weighted by molar-refractivity contribution is -0.109. The van der Waals surface area contributed by atoms with Crippen molar-refractivity contribution in [2.75, 3.05) is 13.2 Å². The van der Waals surface area contributed by atoms with Gasteiger partial charge in [-0.3, -0.25) is 4.90 Å². The summed E-state index contributed by atoms with van der Waals surface area (Å²) in [6.45, 7) is 6.02. The number of rotatable bonds is 5. The third kappa shape index (κ3) is 4.47. The van der Waals surface area contributed by atoms with Crippen molar-refractivity contribution in [3.05, 3.63) is 35.4 Å². The largest absolute Gasteiger partial charge is 0.448 e. The highest BCUT2D eigenvalue weighted by molar-refractivity contribution is 5.79. The lowest BCUT2D eigenvalue weighted by Gasteiger charge is -2.54. The maximum atomic E-state index is 11.3. The molecule has 5 heteroatoms. The van der Waals surface area contributed by atoms with Crippen molar-refractivity contribution in [2.24, 2.45) is 16.8 Å². The van der Waals surface area contributed by atoms with Crippen LogP contribution in [0.15, 0.2) is 29.3 Å². The topological polar surface area (TPSA) is 62.1 Å². The monoisotopic (exact) mass is 344 g/mol. The molecule has 4 atom stereocenters. The fourth-order valence-electron chi connectivity index (χ4n) is 4.15. The Morgan fingerprint density at radius 1 is 1.36 bits per heavy atom. The van der Waals surface area contributed by atoms with Crippen molar-refractivity contribution >= 4 is 12.3 Å². The number of piperidine rings is 1. The number of hydrogen-bond donors (Lipinski definition) is 1. The molecule has 2 aliphatic rings. The van der Waals surface area contributed by atoms with Gasteiger partial charge in [0.2, 0.25) is 0 Å². The number of likely N-dealkylation sites (tertiary alicyclic amines) is 1. The van der Waals surface area contributed by atoms with Gasteiger partial charge in [0.05, 0.1) is 12.7 Å². The molecule has 1 saturated carbocycles. The molecule has 5 nitrogen and oxygen atoms in total. The van der Waals surface area contributed by atoms with Crippen molar-refractivity contribution in [1.29, 1.82) is 0 Å². The molecule has 0 radical (unpaired) electrons. The van der Waals surface area contributed by atoms with Gasteiger partial charge in [0.1, 0.15) is 0 Å². The van der Waals surface area contributed by atoms with Crippen LogP contribution in [0, 0.1) is 18.8 Å². The highest BCUT2D eigenvalue weighted by atomic mass is 16.5. The minimum absolute atomic E-state index is 0.204. The van der Waals surface area contributed by atoms with E-state index in [-0.39, 0.29) is 12.1 Å². The van der Waals surface area contributed by atoms with Gasteiger partial charge in [-0.15, -0.1) is 0 Å². The van der Waals surface area contributed by atoms with Gasteiger partial charge in [-0.25, -0.2) is 4.79 Å². The number of aliphatic hydroxyl groups excluding tert-OH is 1. The third-order valence-electron chi connectivity index (χ3n) is 5.38. The van der Waals surface area contributed by atoms with Crippen LogP contribution in [-0.2, 0) is 11.3 Å². The number of benzene rings is 1. The number of carbonyl (C=O) groups excluding carboxylic acids is 1. The molecule has 0 aromatic heterocycles. The van der Waals surface area contributed by atoms with Crippen molar-refractivity contribution in [2.45, 2.75) is 51.8 Å².